The minimum absolute atomic E-state index is 0.400. The normalized spacial score (nSPS) is 12.8. The molecule has 0 aromatic heterocycles. The number of hydrogen-bond acceptors (Lipinski definition) is 0. The molecule has 3 aromatic rings. The van der Waals surface area contributed by atoms with Crippen LogP contribution in [0.3, 0.4) is 0 Å². The first-order valence-corrected chi connectivity index (χ1v) is 9.99. The van der Waals surface area contributed by atoms with Gasteiger partial charge in [0.15, 0.2) is 0 Å². The minimum atomic E-state index is -4.53. The summed E-state index contributed by atoms with van der Waals surface area (Å²) >= 11 is 0. The summed E-state index contributed by atoms with van der Waals surface area (Å²) in [6.07, 6.45) is -9.05. The molecule has 0 amide bonds. The van der Waals surface area contributed by atoms with Crippen molar-refractivity contribution >= 4 is 15.5 Å². The number of benzene rings is 3. The lowest BCUT2D eigenvalue weighted by Crippen LogP contribution is -2.15. The molecule has 0 heterocycles. The summed E-state index contributed by atoms with van der Waals surface area (Å²) in [6.45, 7) is 0. The summed E-state index contributed by atoms with van der Waals surface area (Å²) in [5, 5.41) is 0. The van der Waals surface area contributed by atoms with Crippen molar-refractivity contribution in [2.24, 2.45) is 0 Å². The van der Waals surface area contributed by atoms with Gasteiger partial charge in [-0.15, -0.1) is 0 Å². The quantitative estimate of drug-likeness (QED) is 0.240. The molecule has 0 spiro atoms. The third-order valence-corrected chi connectivity index (χ3v) is 7.61. The van der Waals surface area contributed by atoms with E-state index in [1.165, 1.54) is 48.5 Å². The van der Waals surface area contributed by atoms with E-state index in [0.717, 1.165) is 24.3 Å². The van der Waals surface area contributed by atoms with Gasteiger partial charge in [-0.3, -0.25) is 0 Å². The maximum absolute atomic E-state index is 13.4. The van der Waals surface area contributed by atoms with Crippen LogP contribution in [0.5, 0.6) is 0 Å². The lowest BCUT2D eigenvalue weighted by molar-refractivity contribution is -0.138. The lowest BCUT2D eigenvalue weighted by atomic mass is 10.2. The van der Waals surface area contributed by atoms with Crippen LogP contribution in [0.2, 0.25) is 0 Å². The maximum Gasteiger partial charge on any atom is 0.416 e. The van der Waals surface area contributed by atoms with Crippen molar-refractivity contribution in [1.82, 2.24) is 0 Å². The van der Waals surface area contributed by atoms with Gasteiger partial charge in [-0.2, -0.15) is 26.3 Å². The smallest absolute Gasteiger partial charge is 0.207 e. The highest BCUT2D eigenvalue weighted by Crippen LogP contribution is 2.39. The molecule has 0 aliphatic rings. The zero-order valence-electron chi connectivity index (χ0n) is 14.7. The molecule has 0 saturated heterocycles. The third kappa shape index (κ3) is 4.22. The highest BCUT2D eigenvalue weighted by atomic mass is 32.2. The fourth-order valence-electron chi connectivity index (χ4n) is 2.83. The topological polar surface area (TPSA) is 0 Å². The molecule has 0 aliphatic heterocycles. The van der Waals surface area contributed by atoms with E-state index in [0.29, 0.717) is 14.7 Å². The molecule has 0 bridgehead atoms. The molecule has 0 radical (unpaired) electrons. The zero-order chi connectivity index (χ0) is 21.4. The van der Waals surface area contributed by atoms with Crippen LogP contribution < -0.4 is 0 Å². The molecule has 0 unspecified atom stereocenters. The Balaban J connectivity index is 2.17. The van der Waals surface area contributed by atoms with E-state index >= 15 is 0 Å². The highest BCUT2D eigenvalue weighted by Gasteiger charge is 2.35. The van der Waals surface area contributed by atoms with E-state index in [1.54, 1.807) is 0 Å². The monoisotopic (exact) mass is 431 g/mol. The maximum atomic E-state index is 13.4. The molecule has 0 saturated carbocycles. The van der Waals surface area contributed by atoms with Gasteiger partial charge in [0.2, 0.25) is 0 Å². The third-order valence-electron chi connectivity index (χ3n) is 4.38. The van der Waals surface area contributed by atoms with Gasteiger partial charge in [-0.05, 0) is 82.4 Å². The van der Waals surface area contributed by atoms with Gasteiger partial charge in [-0.25, -0.2) is 4.39 Å². The first-order valence-electron chi connectivity index (χ1n) is 8.19. The molecule has 0 aliphatic carbocycles. The molecular formula is C21H14F7S+. The first kappa shape index (κ1) is 21.1. The summed E-state index contributed by atoms with van der Waals surface area (Å²) in [4.78, 5) is 1.30. The van der Waals surface area contributed by atoms with Crippen molar-refractivity contribution in [2.75, 3.05) is 0 Å². The Labute approximate surface area is 163 Å². The summed E-state index contributed by atoms with van der Waals surface area (Å²) in [5.41, 5.74) is -1.70. The van der Waals surface area contributed by atoms with Gasteiger partial charge < -0.3 is 0 Å². The van der Waals surface area contributed by atoms with E-state index in [1.807, 2.05) is 0 Å². The molecule has 3 aromatic carbocycles. The lowest BCUT2D eigenvalue weighted by Gasteiger charge is -2.20. The van der Waals surface area contributed by atoms with Gasteiger partial charge >= 0.3 is 12.4 Å². The van der Waals surface area contributed by atoms with E-state index in [9.17, 15) is 30.7 Å². The molecule has 3 rings (SSSR count). The summed E-state index contributed by atoms with van der Waals surface area (Å²) < 4.78 is 90.8. The number of rotatable bonds is 3. The molecule has 0 N–H and O–H groups in total. The van der Waals surface area contributed by atoms with Crippen LogP contribution in [0.25, 0.3) is 0 Å². The summed E-state index contributed by atoms with van der Waals surface area (Å²) in [5.74, 6) is 3.67. The summed E-state index contributed by atoms with van der Waals surface area (Å²) in [7, 11) is -2.47. The second-order valence-corrected chi connectivity index (χ2v) is 9.13. The Morgan fingerprint density at radius 1 is 0.517 bits per heavy atom. The van der Waals surface area contributed by atoms with Crippen LogP contribution in [0.15, 0.2) is 87.5 Å². The fourth-order valence-corrected chi connectivity index (χ4v) is 5.45. The second-order valence-electron chi connectivity index (χ2n) is 6.24. The molecule has 0 fully saturated rings. The van der Waals surface area contributed by atoms with Crippen molar-refractivity contribution in [3.8, 4) is 0 Å². The Morgan fingerprint density at radius 3 is 1.07 bits per heavy atom. The average molecular weight is 431 g/mol. The van der Waals surface area contributed by atoms with Crippen LogP contribution in [0.1, 0.15) is 11.1 Å². The van der Waals surface area contributed by atoms with E-state index < -0.39 is 38.9 Å². The van der Waals surface area contributed by atoms with Gasteiger partial charge in [-0.1, -0.05) is 0 Å². The molecule has 29 heavy (non-hydrogen) atoms. The number of hydrogen-bond donors (Lipinski definition) is 0. The van der Waals surface area contributed by atoms with Crippen molar-refractivity contribution < 1.29 is 30.7 Å². The Hall–Kier alpha value is -2.61. The highest BCUT2D eigenvalue weighted by molar-refractivity contribution is 8.11. The number of halogens is 7. The minimum Gasteiger partial charge on any atom is -0.207 e. The van der Waals surface area contributed by atoms with Gasteiger partial charge in [0.05, 0.1) is 17.0 Å². The van der Waals surface area contributed by atoms with E-state index in [4.69, 9.17) is 0 Å². The largest absolute Gasteiger partial charge is 0.416 e. The van der Waals surface area contributed by atoms with Gasteiger partial charge in [0, 0.05) is 0 Å². The van der Waals surface area contributed by atoms with E-state index in [2.05, 4.69) is 5.87 Å². The molecule has 0 nitrogen and oxygen atoms in total. The molecule has 0 atom stereocenters. The van der Waals surface area contributed by atoms with Crippen molar-refractivity contribution in [2.45, 2.75) is 27.0 Å². The first-order chi connectivity index (χ1) is 13.4. The predicted molar refractivity (Wildman–Crippen MR) is 98.6 cm³/mol. The average Bonchev–Trinajstić information content (AvgIpc) is 2.67. The Morgan fingerprint density at radius 2 is 0.793 bits per heavy atom. The summed E-state index contributed by atoms with van der Waals surface area (Å²) in [6, 6.07) is 13.8. The zero-order valence-corrected chi connectivity index (χ0v) is 15.5. The SMILES string of the molecule is C=[S+](c1ccc(F)cc1)(c1ccc(C(F)(F)F)cc1)c1ccc(C(F)(F)F)cc1. The van der Waals surface area contributed by atoms with Crippen molar-refractivity contribution in [1.29, 1.82) is 0 Å². The molecule has 8 heteroatoms. The predicted octanol–water partition coefficient (Wildman–Crippen LogP) is 6.93. The van der Waals surface area contributed by atoms with Crippen molar-refractivity contribution in [3.63, 3.8) is 0 Å². The number of alkyl halides is 6. The Bertz CT molecular complexity index is 967. The second kappa shape index (κ2) is 7.33. The van der Waals surface area contributed by atoms with E-state index in [-0.39, 0.29) is 0 Å². The van der Waals surface area contributed by atoms with Crippen LogP contribution in [0.4, 0.5) is 30.7 Å². The standard InChI is InChI=1S/C21H14F7S/c1-29(19-12-6-16(22)7-13-19,17-8-2-14(3-9-17)20(23,24)25)18-10-4-15(5-11-18)21(26,27)28/h2-13H,1H2/q+1. The molecule has 152 valence electrons. The Kier molecular flexibility index (Phi) is 5.34. The van der Waals surface area contributed by atoms with Crippen LogP contribution in [-0.2, 0) is 22.0 Å². The molecular weight excluding hydrogens is 417 g/mol. The van der Waals surface area contributed by atoms with Crippen LogP contribution in [-0.4, -0.2) is 5.87 Å². The van der Waals surface area contributed by atoms with Crippen molar-refractivity contribution in [3.05, 3.63) is 89.7 Å². The van der Waals surface area contributed by atoms with Gasteiger partial charge in [0.25, 0.3) is 0 Å². The van der Waals surface area contributed by atoms with Gasteiger partial charge in [0.1, 0.15) is 20.5 Å². The van der Waals surface area contributed by atoms with Crippen LogP contribution >= 0.6 is 0 Å². The van der Waals surface area contributed by atoms with Crippen LogP contribution in [0, 0.1) is 5.82 Å². The fraction of sp³-hybridized carbons (Fsp3) is 0.0952.